The summed E-state index contributed by atoms with van der Waals surface area (Å²) in [5.74, 6) is -2.49. The van der Waals surface area contributed by atoms with Gasteiger partial charge in [-0.25, -0.2) is 8.78 Å². The number of halogens is 4. The number of ether oxygens (including phenoxy) is 2. The molecule has 318 valence electrons. The fourth-order valence-corrected chi connectivity index (χ4v) is 2.84. The van der Waals surface area contributed by atoms with E-state index in [1.54, 1.807) is 6.07 Å². The number of likely N-dealkylation sites (N-methyl/N-ethyl adjacent to an activating group) is 3. The first-order valence-corrected chi connectivity index (χ1v) is 15.5. The van der Waals surface area contributed by atoms with E-state index in [0.29, 0.717) is 37.3 Å². The van der Waals surface area contributed by atoms with E-state index in [9.17, 15) is 37.8 Å². The second-order valence-electron chi connectivity index (χ2n) is 10.4. The second kappa shape index (κ2) is 44.5. The molecular formula is C35H58Cs2F4N6O10. The standard InChI is InChI=1S/C10H13FN2O3.C10H15FN2O.C6H3F2NO2.C4H11NO.C2H6.CH2O3.2CH4.2Cs.H/c1-12(2)5-6-16-8-3-4-10(13(14)15)9(11)7-8;1-13(2)5-6-14-8-3-4-10(12)9(11)7-8;7-4-1-2-6(9(10)11)5(8)3-4;1-5(2)3-4-6;1-2;2-1-4-3;;;;;/h3-4,7H,5-6H2,1-2H3;3-4,7H,5-6,12H2,1-2H3;1-3H;6H,3-4H2,1-2H3;1-2H3;1,3H;2*1H4;;;/q;;;;;;;;2*+1;-1/p-1. The Morgan fingerprint density at radius 2 is 1.05 bits per heavy atom. The number of benzene rings is 3. The monoisotopic (exact) mass is 1060 g/mol. The van der Waals surface area contributed by atoms with E-state index in [1.165, 1.54) is 18.2 Å². The Balaban J connectivity index is -0.0000000919. The van der Waals surface area contributed by atoms with Crippen LogP contribution in [0.2, 0.25) is 0 Å². The topological polar surface area (TPSA) is 210 Å². The van der Waals surface area contributed by atoms with Gasteiger partial charge in [-0.05, 0) is 66.6 Å². The van der Waals surface area contributed by atoms with Crippen LogP contribution in [0, 0.1) is 43.5 Å². The minimum atomic E-state index is -1.16. The predicted octanol–water partition coefficient (Wildman–Crippen LogP) is -0.710. The summed E-state index contributed by atoms with van der Waals surface area (Å²) in [5, 5.41) is 37.0. The van der Waals surface area contributed by atoms with Crippen molar-refractivity contribution in [1.82, 2.24) is 14.7 Å². The van der Waals surface area contributed by atoms with Crippen molar-refractivity contribution in [3.8, 4) is 11.5 Å². The van der Waals surface area contributed by atoms with Crippen molar-refractivity contribution in [3.63, 3.8) is 0 Å². The maximum absolute atomic E-state index is 13.2. The number of nitro benzene ring substituents is 2. The normalized spacial score (nSPS) is 8.93. The molecule has 3 N–H and O–H groups in total. The molecule has 0 fully saturated rings. The second-order valence-corrected chi connectivity index (χ2v) is 10.4. The predicted molar refractivity (Wildman–Crippen MR) is 204 cm³/mol. The summed E-state index contributed by atoms with van der Waals surface area (Å²) in [6.07, 6.45) is 0. The molecule has 0 spiro atoms. The van der Waals surface area contributed by atoms with Gasteiger partial charge < -0.3 is 46.6 Å². The molecule has 3 aromatic carbocycles. The van der Waals surface area contributed by atoms with Crippen molar-refractivity contribution in [3.05, 3.63) is 98.1 Å². The average Bonchev–Trinajstić information content (AvgIpc) is 3.07. The van der Waals surface area contributed by atoms with Crippen LogP contribution in [-0.2, 0) is 9.68 Å². The number of nitro groups is 2. The molecule has 0 saturated heterocycles. The van der Waals surface area contributed by atoms with Crippen molar-refractivity contribution in [1.29, 1.82) is 0 Å². The van der Waals surface area contributed by atoms with Gasteiger partial charge in [-0.1, -0.05) is 28.7 Å². The number of rotatable bonds is 13. The van der Waals surface area contributed by atoms with E-state index >= 15 is 0 Å². The molecule has 3 aromatic rings. The van der Waals surface area contributed by atoms with E-state index in [1.807, 2.05) is 70.8 Å². The van der Waals surface area contributed by atoms with Gasteiger partial charge in [0.2, 0.25) is 11.6 Å². The fourth-order valence-electron chi connectivity index (χ4n) is 2.84. The molecule has 0 saturated carbocycles. The Kier molecular flexibility index (Phi) is 55.1. The van der Waals surface area contributed by atoms with Crippen LogP contribution >= 0.6 is 0 Å². The first kappa shape index (κ1) is 70.5. The van der Waals surface area contributed by atoms with Gasteiger partial charge in [0.05, 0.1) is 22.1 Å². The van der Waals surface area contributed by atoms with Crippen molar-refractivity contribution in [2.45, 2.75) is 28.7 Å². The van der Waals surface area contributed by atoms with Crippen molar-refractivity contribution in [2.24, 2.45) is 0 Å². The summed E-state index contributed by atoms with van der Waals surface area (Å²) >= 11 is 0. The molecule has 16 nitrogen and oxygen atoms in total. The Bertz CT molecular complexity index is 1480. The summed E-state index contributed by atoms with van der Waals surface area (Å²) in [4.78, 5) is 35.8. The number of nitrogens with two attached hydrogens (primary N) is 1. The van der Waals surface area contributed by atoms with E-state index in [-0.39, 0.29) is 173 Å². The molecule has 0 amide bonds. The van der Waals surface area contributed by atoms with Crippen molar-refractivity contribution < 1.29 is 196 Å². The van der Waals surface area contributed by atoms with Crippen LogP contribution in [0.4, 0.5) is 34.6 Å². The van der Waals surface area contributed by atoms with Crippen molar-refractivity contribution in [2.75, 3.05) is 87.5 Å². The number of nitrogens with zero attached hydrogens (tertiary/aromatic N) is 5. The molecule has 0 radical (unpaired) electrons. The first-order chi connectivity index (χ1) is 24.9. The van der Waals surface area contributed by atoms with Crippen LogP contribution in [0.1, 0.15) is 30.1 Å². The number of carbonyl (C=O) groups is 1. The van der Waals surface area contributed by atoms with E-state index < -0.39 is 44.5 Å². The number of hydrogen-bond donors (Lipinski definition) is 2. The smallest absolute Gasteiger partial charge is 1.00 e. The minimum Gasteiger partial charge on any atom is -1.00 e. The molecule has 0 heterocycles. The number of aliphatic hydroxyl groups is 1. The van der Waals surface area contributed by atoms with Crippen LogP contribution in [-0.4, -0.2) is 118 Å². The number of aliphatic hydroxyl groups excluding tert-OH is 1. The summed E-state index contributed by atoms with van der Waals surface area (Å²) in [5.41, 5.74) is 4.21. The van der Waals surface area contributed by atoms with E-state index in [0.717, 1.165) is 37.4 Å². The number of nitrogen functional groups attached to an aromatic ring is 1. The van der Waals surface area contributed by atoms with Gasteiger partial charge in [-0.15, -0.1) is 0 Å². The van der Waals surface area contributed by atoms with Crippen LogP contribution in [0.25, 0.3) is 0 Å². The Morgan fingerprint density at radius 1 is 0.702 bits per heavy atom. The van der Waals surface area contributed by atoms with E-state index in [2.05, 4.69) is 4.89 Å². The third-order valence-corrected chi connectivity index (χ3v) is 5.40. The molecule has 3 rings (SSSR count). The molecule has 0 unspecified atom stereocenters. The largest absolute Gasteiger partial charge is 1.00 e. The summed E-state index contributed by atoms with van der Waals surface area (Å²) in [6, 6.07) is 10.0. The molecule has 0 atom stereocenters. The van der Waals surface area contributed by atoms with Gasteiger partial charge in [0.25, 0.3) is 6.47 Å². The number of anilines is 1. The third-order valence-electron chi connectivity index (χ3n) is 5.40. The molecule has 0 aliphatic rings. The van der Waals surface area contributed by atoms with Gasteiger partial charge in [0.1, 0.15) is 36.3 Å². The van der Waals surface area contributed by atoms with Gasteiger partial charge >= 0.3 is 149 Å². The quantitative estimate of drug-likeness (QED) is 0.0542. The zero-order chi connectivity index (χ0) is 41.5. The van der Waals surface area contributed by atoms with Gasteiger partial charge in [-0.2, -0.15) is 8.78 Å². The number of hydrogen-bond acceptors (Lipinski definition) is 14. The summed E-state index contributed by atoms with van der Waals surface area (Å²) in [7, 11) is 11.5. The maximum atomic E-state index is 13.2. The maximum Gasteiger partial charge on any atom is 1.00 e. The van der Waals surface area contributed by atoms with Crippen LogP contribution in [0.15, 0.2) is 54.6 Å². The Morgan fingerprint density at radius 3 is 1.33 bits per heavy atom. The molecule has 22 heteroatoms. The summed E-state index contributed by atoms with van der Waals surface area (Å²) in [6.45, 7) is 7.28. The van der Waals surface area contributed by atoms with Crippen LogP contribution < -0.4 is 158 Å². The molecule has 0 aromatic heterocycles. The first-order valence-electron chi connectivity index (χ1n) is 15.5. The number of carbonyl (C=O) groups excluding carboxylic acids is 1. The molecule has 0 bridgehead atoms. The van der Waals surface area contributed by atoms with Gasteiger partial charge in [0.15, 0.2) is 0 Å². The van der Waals surface area contributed by atoms with Gasteiger partial charge in [-0.3, -0.25) is 25.0 Å². The van der Waals surface area contributed by atoms with Crippen LogP contribution in [0.3, 0.4) is 0 Å². The zero-order valence-electron chi connectivity index (χ0n) is 34.0. The minimum absolute atomic E-state index is 0. The van der Waals surface area contributed by atoms with Gasteiger partial charge in [0, 0.05) is 50.0 Å². The fraction of sp³-hybridized carbons (Fsp3) is 0.457. The SMILES string of the molecule is C.C.CC.CN(C)CCO.CN(C)CCOc1ccc(N)c(F)c1.CN(C)CCOc1ccc([N+](=O)[O-])c(F)c1.O=CO[O-].O=[N+]([O-])c1ccc(F)cc1F.[Cs+].[Cs+].[H-]. The molecule has 0 aliphatic carbocycles. The Hall–Kier alpha value is -1.05. The van der Waals surface area contributed by atoms with Crippen molar-refractivity contribution >= 4 is 23.5 Å². The third kappa shape index (κ3) is 40.1. The Labute approximate surface area is 452 Å². The molecule has 0 aliphatic heterocycles. The summed E-state index contributed by atoms with van der Waals surface area (Å²) < 4.78 is 61.2. The zero-order valence-corrected chi connectivity index (χ0v) is 45.5. The molecular weight excluding hydrogens is 1010 g/mol. The van der Waals surface area contributed by atoms with Crippen LogP contribution in [0.5, 0.6) is 11.5 Å². The molecule has 57 heavy (non-hydrogen) atoms. The average molecular weight is 1060 g/mol. The van der Waals surface area contributed by atoms with E-state index in [4.69, 9.17) is 30.4 Å².